The van der Waals surface area contributed by atoms with Gasteiger partial charge in [0.15, 0.2) is 5.82 Å². The molecule has 0 aliphatic rings. The molecule has 3 aromatic rings. The molecule has 3 rings (SSSR count). The highest BCUT2D eigenvalue weighted by atomic mass is 35.5. The van der Waals surface area contributed by atoms with Gasteiger partial charge in [-0.15, -0.1) is 0 Å². The molecule has 0 fully saturated rings. The molecular weight excluding hydrogens is 281 g/mol. The number of aromatic nitrogens is 5. The molecule has 1 aromatic carbocycles. The molecule has 7 heteroatoms. The lowest BCUT2D eigenvalue weighted by molar-refractivity contribution is 0.619. The van der Waals surface area contributed by atoms with Crippen LogP contribution in [0, 0.1) is 12.7 Å². The number of hydrogen-bond acceptors (Lipinski definition) is 4. The van der Waals surface area contributed by atoms with E-state index >= 15 is 0 Å². The zero-order chi connectivity index (χ0) is 14.1. The molecule has 0 radical (unpaired) electrons. The van der Waals surface area contributed by atoms with Crippen LogP contribution in [0.5, 0.6) is 0 Å². The Balaban J connectivity index is 2.12. The minimum absolute atomic E-state index is 0.0414. The van der Waals surface area contributed by atoms with E-state index in [4.69, 9.17) is 11.6 Å². The van der Waals surface area contributed by atoms with Crippen LogP contribution >= 0.6 is 11.6 Å². The summed E-state index contributed by atoms with van der Waals surface area (Å²) < 4.78 is 15.2. The summed E-state index contributed by atoms with van der Waals surface area (Å²) in [6.45, 7) is 1.69. The van der Waals surface area contributed by atoms with E-state index in [0.717, 1.165) is 0 Å². The van der Waals surface area contributed by atoms with E-state index in [9.17, 15) is 4.39 Å². The molecule has 0 bridgehead atoms. The van der Waals surface area contributed by atoms with Crippen molar-refractivity contribution in [3.63, 3.8) is 0 Å². The number of nitrogens with zero attached hydrogens (tertiary/aromatic N) is 5. The highest BCUT2D eigenvalue weighted by Gasteiger charge is 2.10. The van der Waals surface area contributed by atoms with Gasteiger partial charge < -0.3 is 0 Å². The first-order valence-corrected chi connectivity index (χ1v) is 6.18. The van der Waals surface area contributed by atoms with E-state index in [1.54, 1.807) is 42.3 Å². The fraction of sp³-hybridized carbons (Fsp3) is 0.0769. The molecule has 5 nitrogen and oxygen atoms in total. The topological polar surface area (TPSA) is 56.5 Å². The van der Waals surface area contributed by atoms with Crippen LogP contribution in [-0.4, -0.2) is 24.5 Å². The Hall–Kier alpha value is -2.34. The van der Waals surface area contributed by atoms with Gasteiger partial charge in [-0.3, -0.25) is 4.57 Å². The Bertz CT molecular complexity index is 757. The maximum Gasteiger partial charge on any atom is 0.239 e. The molecule has 20 heavy (non-hydrogen) atoms. The van der Waals surface area contributed by atoms with Crippen molar-refractivity contribution in [3.8, 4) is 17.3 Å². The second kappa shape index (κ2) is 4.97. The largest absolute Gasteiger partial charge is 0.274 e. The van der Waals surface area contributed by atoms with Crippen molar-refractivity contribution in [3.05, 3.63) is 53.6 Å². The molecule has 0 amide bonds. The third kappa shape index (κ3) is 2.37. The molecule has 2 aromatic heterocycles. The normalized spacial score (nSPS) is 10.8. The fourth-order valence-electron chi connectivity index (χ4n) is 1.69. The van der Waals surface area contributed by atoms with Crippen molar-refractivity contribution < 1.29 is 4.39 Å². The van der Waals surface area contributed by atoms with E-state index in [0.29, 0.717) is 22.9 Å². The number of halogens is 2. The summed E-state index contributed by atoms with van der Waals surface area (Å²) in [5.74, 6) is 0.328. The lowest BCUT2D eigenvalue weighted by atomic mass is 10.1. The second-order valence-corrected chi connectivity index (χ2v) is 4.50. The molecule has 0 spiro atoms. The standard InChI is InChI=1S/C13H9ClFN5/c1-8-2-3-9(6-10(8)15)11-17-12(14)19-13(18-11)20-5-4-16-7-20/h2-7H,1H3. The average molecular weight is 290 g/mol. The Morgan fingerprint density at radius 2 is 2.05 bits per heavy atom. The monoisotopic (exact) mass is 289 g/mol. The number of rotatable bonds is 2. The summed E-state index contributed by atoms with van der Waals surface area (Å²) in [6.07, 6.45) is 4.83. The van der Waals surface area contributed by atoms with Gasteiger partial charge in [-0.2, -0.15) is 15.0 Å². The first-order chi connectivity index (χ1) is 9.63. The molecule has 0 aliphatic heterocycles. The van der Waals surface area contributed by atoms with E-state index in [1.165, 1.54) is 6.07 Å². The van der Waals surface area contributed by atoms with Crippen LogP contribution in [0.1, 0.15) is 5.56 Å². The molecule has 0 atom stereocenters. The van der Waals surface area contributed by atoms with Gasteiger partial charge in [0.2, 0.25) is 11.2 Å². The lowest BCUT2D eigenvalue weighted by Crippen LogP contribution is -2.03. The van der Waals surface area contributed by atoms with Crippen LogP contribution in [0.2, 0.25) is 5.28 Å². The van der Waals surface area contributed by atoms with Crippen LogP contribution < -0.4 is 0 Å². The molecule has 0 saturated heterocycles. The summed E-state index contributed by atoms with van der Waals surface area (Å²) in [5, 5.41) is 0.0414. The zero-order valence-corrected chi connectivity index (χ0v) is 11.2. The van der Waals surface area contributed by atoms with Crippen LogP contribution in [0.25, 0.3) is 17.3 Å². The van der Waals surface area contributed by atoms with Gasteiger partial charge in [0.25, 0.3) is 0 Å². The summed E-state index contributed by atoms with van der Waals surface area (Å²) in [7, 11) is 0. The molecular formula is C13H9ClFN5. The Kier molecular flexibility index (Phi) is 3.15. The third-order valence-corrected chi connectivity index (χ3v) is 2.93. The van der Waals surface area contributed by atoms with Gasteiger partial charge in [-0.05, 0) is 30.2 Å². The van der Waals surface area contributed by atoms with Gasteiger partial charge in [0, 0.05) is 18.0 Å². The minimum atomic E-state index is -0.316. The van der Waals surface area contributed by atoms with Crippen molar-refractivity contribution >= 4 is 11.6 Å². The van der Waals surface area contributed by atoms with Crippen LogP contribution in [0.3, 0.4) is 0 Å². The van der Waals surface area contributed by atoms with Crippen molar-refractivity contribution in [1.29, 1.82) is 0 Å². The maximum absolute atomic E-state index is 13.6. The van der Waals surface area contributed by atoms with Gasteiger partial charge in [0.05, 0.1) is 0 Å². The highest BCUT2D eigenvalue weighted by molar-refractivity contribution is 6.28. The molecule has 0 unspecified atom stereocenters. The zero-order valence-electron chi connectivity index (χ0n) is 10.5. The summed E-state index contributed by atoms with van der Waals surface area (Å²) >= 11 is 5.90. The predicted octanol–water partition coefficient (Wildman–Crippen LogP) is 2.83. The number of hydrogen-bond donors (Lipinski definition) is 0. The van der Waals surface area contributed by atoms with E-state index in [-0.39, 0.29) is 11.1 Å². The molecule has 0 N–H and O–H groups in total. The predicted molar refractivity (Wildman–Crippen MR) is 72.1 cm³/mol. The number of benzene rings is 1. The maximum atomic E-state index is 13.6. The number of imidazole rings is 1. The second-order valence-electron chi connectivity index (χ2n) is 4.16. The van der Waals surface area contributed by atoms with Crippen LogP contribution in [0.4, 0.5) is 4.39 Å². The fourth-order valence-corrected chi connectivity index (χ4v) is 1.85. The molecule has 100 valence electrons. The van der Waals surface area contributed by atoms with E-state index in [2.05, 4.69) is 19.9 Å². The van der Waals surface area contributed by atoms with E-state index in [1.807, 2.05) is 0 Å². The smallest absolute Gasteiger partial charge is 0.239 e. The quantitative estimate of drug-likeness (QED) is 0.728. The van der Waals surface area contributed by atoms with Crippen molar-refractivity contribution in [2.24, 2.45) is 0 Å². The Morgan fingerprint density at radius 1 is 1.20 bits per heavy atom. The third-order valence-electron chi connectivity index (χ3n) is 2.76. The van der Waals surface area contributed by atoms with Gasteiger partial charge in [0.1, 0.15) is 12.1 Å². The van der Waals surface area contributed by atoms with Gasteiger partial charge >= 0.3 is 0 Å². The van der Waals surface area contributed by atoms with Crippen LogP contribution in [-0.2, 0) is 0 Å². The SMILES string of the molecule is Cc1ccc(-c2nc(Cl)nc(-n3ccnc3)n2)cc1F. The van der Waals surface area contributed by atoms with Crippen molar-refractivity contribution in [2.75, 3.05) is 0 Å². The van der Waals surface area contributed by atoms with Crippen molar-refractivity contribution in [2.45, 2.75) is 6.92 Å². The summed E-state index contributed by atoms with van der Waals surface area (Å²) in [4.78, 5) is 16.2. The lowest BCUT2D eigenvalue weighted by Gasteiger charge is -2.05. The summed E-state index contributed by atoms with van der Waals surface area (Å²) in [5.41, 5.74) is 1.10. The Labute approximate surface area is 119 Å². The molecule has 2 heterocycles. The first-order valence-electron chi connectivity index (χ1n) is 5.80. The van der Waals surface area contributed by atoms with E-state index < -0.39 is 0 Å². The van der Waals surface area contributed by atoms with Gasteiger partial charge in [-0.1, -0.05) is 12.1 Å². The van der Waals surface area contributed by atoms with Crippen LogP contribution in [0.15, 0.2) is 36.9 Å². The van der Waals surface area contributed by atoms with Crippen molar-refractivity contribution in [1.82, 2.24) is 24.5 Å². The number of aryl methyl sites for hydroxylation is 1. The Morgan fingerprint density at radius 3 is 2.75 bits per heavy atom. The first kappa shape index (κ1) is 12.7. The molecule has 0 saturated carbocycles. The highest BCUT2D eigenvalue weighted by Crippen LogP contribution is 2.20. The minimum Gasteiger partial charge on any atom is -0.274 e. The van der Waals surface area contributed by atoms with Gasteiger partial charge in [-0.25, -0.2) is 9.37 Å². The molecule has 0 aliphatic carbocycles. The summed E-state index contributed by atoms with van der Waals surface area (Å²) in [6, 6.07) is 4.78. The average Bonchev–Trinajstić information content (AvgIpc) is 2.95.